The first-order chi connectivity index (χ1) is 10.2. The second-order valence-corrected chi connectivity index (χ2v) is 4.47. The van der Waals surface area contributed by atoms with Crippen molar-refractivity contribution in [2.75, 3.05) is 13.7 Å². The van der Waals surface area contributed by atoms with E-state index in [2.05, 4.69) is 5.32 Å². The number of hydrogen-bond acceptors (Lipinski definition) is 3. The molecule has 0 heterocycles. The first-order valence-electron chi connectivity index (χ1n) is 6.46. The Bertz CT molecular complexity index is 616. The van der Waals surface area contributed by atoms with Crippen LogP contribution in [0.15, 0.2) is 48.5 Å². The van der Waals surface area contributed by atoms with Crippen LogP contribution in [0.25, 0.3) is 0 Å². The van der Waals surface area contributed by atoms with E-state index < -0.39 is 17.8 Å². The normalized spacial score (nSPS) is 11.8. The number of ether oxygens (including phenoxy) is 1. The monoisotopic (exact) mass is 289 g/mol. The summed E-state index contributed by atoms with van der Waals surface area (Å²) in [5.41, 5.74) is 0.660. The average molecular weight is 289 g/mol. The summed E-state index contributed by atoms with van der Waals surface area (Å²) in [6.45, 7) is -0.270. The maximum absolute atomic E-state index is 13.8. The molecule has 2 N–H and O–H groups in total. The van der Waals surface area contributed by atoms with Crippen LogP contribution < -0.4 is 10.1 Å². The van der Waals surface area contributed by atoms with Gasteiger partial charge in [0, 0.05) is 6.07 Å². The number of amides is 1. The van der Waals surface area contributed by atoms with Gasteiger partial charge in [0.1, 0.15) is 11.6 Å². The minimum Gasteiger partial charge on any atom is -0.497 e. The number of hydrogen-bond donors (Lipinski definition) is 2. The predicted molar refractivity (Wildman–Crippen MR) is 76.7 cm³/mol. The van der Waals surface area contributed by atoms with Crippen LogP contribution in [0.5, 0.6) is 5.75 Å². The highest BCUT2D eigenvalue weighted by molar-refractivity contribution is 5.94. The molecular formula is C16H16FNO3. The maximum atomic E-state index is 13.8. The largest absolute Gasteiger partial charge is 0.497 e. The van der Waals surface area contributed by atoms with Gasteiger partial charge in [0.2, 0.25) is 0 Å². The molecule has 0 radical (unpaired) electrons. The van der Waals surface area contributed by atoms with E-state index in [4.69, 9.17) is 4.74 Å². The first-order valence-corrected chi connectivity index (χ1v) is 6.46. The van der Waals surface area contributed by atoms with Gasteiger partial charge in [0.25, 0.3) is 5.91 Å². The third-order valence-electron chi connectivity index (χ3n) is 3.11. The summed E-state index contributed by atoms with van der Waals surface area (Å²) < 4.78 is 18.7. The quantitative estimate of drug-likeness (QED) is 0.888. The van der Waals surface area contributed by atoms with E-state index >= 15 is 0 Å². The fourth-order valence-electron chi connectivity index (χ4n) is 1.96. The zero-order valence-corrected chi connectivity index (χ0v) is 11.5. The number of carbonyl (C=O) groups excluding carboxylic acids is 1. The second kappa shape index (κ2) is 6.85. The van der Waals surface area contributed by atoms with Crippen LogP contribution in [0, 0.1) is 5.82 Å². The maximum Gasteiger partial charge on any atom is 0.254 e. The van der Waals surface area contributed by atoms with Crippen LogP contribution in [-0.2, 0) is 0 Å². The zero-order valence-electron chi connectivity index (χ0n) is 11.5. The third-order valence-corrected chi connectivity index (χ3v) is 3.11. The van der Waals surface area contributed by atoms with Gasteiger partial charge in [0.15, 0.2) is 0 Å². The topological polar surface area (TPSA) is 58.6 Å². The molecule has 2 aromatic carbocycles. The van der Waals surface area contributed by atoms with E-state index in [1.54, 1.807) is 24.3 Å². The van der Waals surface area contributed by atoms with E-state index in [1.165, 1.54) is 19.2 Å². The summed E-state index contributed by atoms with van der Waals surface area (Å²) in [6, 6.07) is 12.4. The Labute approximate surface area is 122 Å². The summed E-state index contributed by atoms with van der Waals surface area (Å²) in [4.78, 5) is 12.1. The molecule has 0 bridgehead atoms. The molecule has 5 heteroatoms. The molecule has 0 aromatic heterocycles. The zero-order chi connectivity index (χ0) is 15.2. The van der Waals surface area contributed by atoms with Crippen molar-refractivity contribution in [1.82, 2.24) is 5.32 Å². The molecule has 21 heavy (non-hydrogen) atoms. The van der Waals surface area contributed by atoms with Crippen molar-refractivity contribution < 1.29 is 19.0 Å². The minimum absolute atomic E-state index is 0.0924. The van der Waals surface area contributed by atoms with Crippen LogP contribution in [0.4, 0.5) is 4.39 Å². The molecule has 0 spiro atoms. The first kappa shape index (κ1) is 15.0. The number of nitrogens with one attached hydrogen (secondary N) is 1. The second-order valence-electron chi connectivity index (χ2n) is 4.47. The summed E-state index contributed by atoms with van der Waals surface area (Å²) in [5, 5.41) is 12.0. The van der Waals surface area contributed by atoms with Gasteiger partial charge in [-0.1, -0.05) is 30.3 Å². The van der Waals surface area contributed by atoms with Crippen molar-refractivity contribution in [2.45, 2.75) is 6.04 Å². The minimum atomic E-state index is -0.670. The Morgan fingerprint density at radius 1 is 1.29 bits per heavy atom. The summed E-state index contributed by atoms with van der Waals surface area (Å²) in [5.74, 6) is -0.916. The molecule has 0 aliphatic rings. The Morgan fingerprint density at radius 3 is 2.57 bits per heavy atom. The lowest BCUT2D eigenvalue weighted by Crippen LogP contribution is -2.31. The van der Waals surface area contributed by atoms with Crippen LogP contribution in [-0.4, -0.2) is 24.7 Å². The molecule has 0 fully saturated rings. The lowest BCUT2D eigenvalue weighted by atomic mass is 10.1. The number of aliphatic hydroxyl groups excluding tert-OH is 1. The number of carbonyl (C=O) groups is 1. The molecule has 110 valence electrons. The lowest BCUT2D eigenvalue weighted by molar-refractivity contribution is 0.0912. The van der Waals surface area contributed by atoms with Crippen LogP contribution in [0.1, 0.15) is 22.0 Å². The molecule has 0 unspecified atom stereocenters. The standard InChI is InChI=1S/C16H16FNO3/c1-21-12-7-8-13(14(17)9-12)16(20)18-15(10-19)11-5-3-2-4-6-11/h2-9,15,19H,10H2,1H3,(H,18,20)/t15-/m0/s1. The Morgan fingerprint density at radius 2 is 2.00 bits per heavy atom. The molecule has 0 saturated heterocycles. The van der Waals surface area contributed by atoms with Gasteiger partial charge >= 0.3 is 0 Å². The van der Waals surface area contributed by atoms with E-state index in [9.17, 15) is 14.3 Å². The van der Waals surface area contributed by atoms with Crippen molar-refractivity contribution in [1.29, 1.82) is 0 Å². The van der Waals surface area contributed by atoms with Crippen LogP contribution >= 0.6 is 0 Å². The summed E-state index contributed by atoms with van der Waals surface area (Å²) in [6.07, 6.45) is 0. The van der Waals surface area contributed by atoms with E-state index in [-0.39, 0.29) is 12.2 Å². The molecular weight excluding hydrogens is 273 g/mol. The molecule has 0 aliphatic heterocycles. The van der Waals surface area contributed by atoms with E-state index in [1.807, 2.05) is 6.07 Å². The highest BCUT2D eigenvalue weighted by Gasteiger charge is 2.17. The number of halogens is 1. The lowest BCUT2D eigenvalue weighted by Gasteiger charge is -2.17. The predicted octanol–water partition coefficient (Wildman–Crippen LogP) is 2.30. The van der Waals surface area contributed by atoms with E-state index in [0.29, 0.717) is 5.75 Å². The van der Waals surface area contributed by atoms with Crippen molar-refractivity contribution in [3.63, 3.8) is 0 Å². The van der Waals surface area contributed by atoms with Crippen molar-refractivity contribution in [2.24, 2.45) is 0 Å². The van der Waals surface area contributed by atoms with Crippen LogP contribution in [0.3, 0.4) is 0 Å². The molecule has 2 aromatic rings. The highest BCUT2D eigenvalue weighted by Crippen LogP contribution is 2.18. The smallest absolute Gasteiger partial charge is 0.254 e. The highest BCUT2D eigenvalue weighted by atomic mass is 19.1. The summed E-state index contributed by atoms with van der Waals surface area (Å²) in [7, 11) is 1.42. The van der Waals surface area contributed by atoms with Gasteiger partial charge in [-0.2, -0.15) is 0 Å². The van der Waals surface area contributed by atoms with Gasteiger partial charge in [-0.15, -0.1) is 0 Å². The molecule has 1 amide bonds. The number of rotatable bonds is 5. The third kappa shape index (κ3) is 3.58. The Hall–Kier alpha value is -2.40. The van der Waals surface area contributed by atoms with Gasteiger partial charge in [-0.25, -0.2) is 4.39 Å². The van der Waals surface area contributed by atoms with Gasteiger partial charge in [-0.3, -0.25) is 4.79 Å². The number of methoxy groups -OCH3 is 1. The van der Waals surface area contributed by atoms with Crippen molar-refractivity contribution in [3.05, 3.63) is 65.5 Å². The Kier molecular flexibility index (Phi) is 4.90. The molecule has 0 saturated carbocycles. The number of benzene rings is 2. The number of aliphatic hydroxyl groups is 1. The Balaban J connectivity index is 2.17. The summed E-state index contributed by atoms with van der Waals surface area (Å²) >= 11 is 0. The van der Waals surface area contributed by atoms with Crippen molar-refractivity contribution >= 4 is 5.91 Å². The van der Waals surface area contributed by atoms with E-state index in [0.717, 1.165) is 11.6 Å². The van der Waals surface area contributed by atoms with Gasteiger partial charge < -0.3 is 15.2 Å². The SMILES string of the molecule is COc1ccc(C(=O)N[C@@H](CO)c2ccccc2)c(F)c1. The van der Waals surface area contributed by atoms with Gasteiger partial charge in [0.05, 0.1) is 25.3 Å². The molecule has 2 rings (SSSR count). The molecule has 1 atom stereocenters. The average Bonchev–Trinajstić information content (AvgIpc) is 2.53. The molecule has 0 aliphatic carbocycles. The van der Waals surface area contributed by atoms with Crippen molar-refractivity contribution in [3.8, 4) is 5.75 Å². The fourth-order valence-corrected chi connectivity index (χ4v) is 1.96. The molecule has 4 nitrogen and oxygen atoms in total. The fraction of sp³-hybridized carbons (Fsp3) is 0.188. The van der Waals surface area contributed by atoms with Gasteiger partial charge in [-0.05, 0) is 17.7 Å². The van der Waals surface area contributed by atoms with Crippen LogP contribution in [0.2, 0.25) is 0 Å².